The number of amides is 1. The molecule has 0 radical (unpaired) electrons. The van der Waals surface area contributed by atoms with Crippen LogP contribution < -0.4 is 14.5 Å². The topological polar surface area (TPSA) is 88.1 Å². The summed E-state index contributed by atoms with van der Waals surface area (Å²) in [5.74, 6) is -0.350. The number of hydrogen-bond acceptors (Lipinski definition) is 5. The Labute approximate surface area is 216 Å². The smallest absolute Gasteiger partial charge is 0.417 e. The lowest BCUT2D eigenvalue weighted by Crippen LogP contribution is -2.39. The van der Waals surface area contributed by atoms with E-state index < -0.39 is 44.9 Å². The molecule has 0 aliphatic rings. The second-order valence-electron chi connectivity index (χ2n) is 7.45. The van der Waals surface area contributed by atoms with Crippen LogP contribution in [-0.4, -0.2) is 33.7 Å². The van der Waals surface area contributed by atoms with E-state index in [2.05, 4.69) is 17.1 Å². The predicted octanol–water partition coefficient (Wildman–Crippen LogP) is 5.27. The Bertz CT molecular complexity index is 1400. The molecule has 0 aliphatic heterocycles. The summed E-state index contributed by atoms with van der Waals surface area (Å²) in [5, 5.41) is 3.20. The van der Waals surface area contributed by atoms with Gasteiger partial charge in [0.05, 0.1) is 27.4 Å². The molecule has 0 saturated carbocycles. The Hall–Kier alpha value is -3.83. The SMILES string of the molecule is C=CCOc1cccc(/C=N\NC(=O)CN(c2ccc(Cl)c(C(F)(F)F)c2)S(=O)(=O)c2ccccc2)c1. The third-order valence-corrected chi connectivity index (χ3v) is 6.91. The highest BCUT2D eigenvalue weighted by Crippen LogP contribution is 2.38. The van der Waals surface area contributed by atoms with Crippen LogP contribution in [0.2, 0.25) is 5.02 Å². The number of ether oxygens (including phenoxy) is 1. The molecular weight excluding hydrogens is 531 g/mol. The van der Waals surface area contributed by atoms with Gasteiger partial charge in [-0.25, -0.2) is 13.8 Å². The van der Waals surface area contributed by atoms with Crippen molar-refractivity contribution in [2.24, 2.45) is 5.10 Å². The summed E-state index contributed by atoms with van der Waals surface area (Å²) in [6, 6.07) is 16.3. The average molecular weight is 552 g/mol. The normalized spacial score (nSPS) is 11.8. The van der Waals surface area contributed by atoms with Crippen LogP contribution in [0, 0.1) is 0 Å². The van der Waals surface area contributed by atoms with Gasteiger partial charge in [-0.1, -0.05) is 54.6 Å². The number of benzene rings is 3. The summed E-state index contributed by atoms with van der Waals surface area (Å²) in [4.78, 5) is 12.4. The maximum absolute atomic E-state index is 13.4. The highest BCUT2D eigenvalue weighted by atomic mass is 35.5. The number of hydrogen-bond donors (Lipinski definition) is 1. The van der Waals surface area contributed by atoms with Gasteiger partial charge >= 0.3 is 6.18 Å². The molecule has 0 atom stereocenters. The van der Waals surface area contributed by atoms with Crippen LogP contribution in [0.15, 0.2) is 95.4 Å². The van der Waals surface area contributed by atoms with E-state index >= 15 is 0 Å². The van der Waals surface area contributed by atoms with E-state index in [1.165, 1.54) is 30.5 Å². The molecule has 0 saturated heterocycles. The minimum absolute atomic E-state index is 0.217. The number of nitrogens with one attached hydrogen (secondary N) is 1. The molecule has 3 aromatic carbocycles. The maximum Gasteiger partial charge on any atom is 0.417 e. The molecule has 1 N–H and O–H groups in total. The first-order valence-electron chi connectivity index (χ1n) is 10.6. The van der Waals surface area contributed by atoms with Crippen molar-refractivity contribution >= 4 is 39.4 Å². The highest BCUT2D eigenvalue weighted by molar-refractivity contribution is 7.92. The van der Waals surface area contributed by atoms with Gasteiger partial charge in [-0.2, -0.15) is 18.3 Å². The molecule has 0 unspecified atom stereocenters. The number of hydrazone groups is 1. The molecule has 7 nitrogen and oxygen atoms in total. The first-order chi connectivity index (χ1) is 17.5. The maximum atomic E-state index is 13.4. The summed E-state index contributed by atoms with van der Waals surface area (Å²) >= 11 is 5.69. The molecule has 0 bridgehead atoms. The molecule has 0 aliphatic carbocycles. The minimum atomic E-state index is -4.84. The molecule has 0 heterocycles. The number of nitrogens with zero attached hydrogens (tertiary/aromatic N) is 2. The molecule has 194 valence electrons. The lowest BCUT2D eigenvalue weighted by molar-refractivity contribution is -0.137. The van der Waals surface area contributed by atoms with Gasteiger partial charge in [0.15, 0.2) is 0 Å². The predicted molar refractivity (Wildman–Crippen MR) is 135 cm³/mol. The van der Waals surface area contributed by atoms with Crippen LogP contribution in [-0.2, 0) is 21.0 Å². The molecule has 37 heavy (non-hydrogen) atoms. The minimum Gasteiger partial charge on any atom is -0.490 e. The van der Waals surface area contributed by atoms with Crippen LogP contribution in [0.1, 0.15) is 11.1 Å². The Morgan fingerprint density at radius 1 is 1.08 bits per heavy atom. The number of anilines is 1. The Kier molecular flexibility index (Phi) is 8.95. The van der Waals surface area contributed by atoms with E-state index in [1.54, 1.807) is 36.4 Å². The van der Waals surface area contributed by atoms with Crippen molar-refractivity contribution in [1.82, 2.24) is 5.43 Å². The Morgan fingerprint density at radius 2 is 1.81 bits per heavy atom. The van der Waals surface area contributed by atoms with E-state index in [0.29, 0.717) is 28.3 Å². The zero-order valence-corrected chi connectivity index (χ0v) is 20.7. The quantitative estimate of drug-likeness (QED) is 0.211. The first kappa shape index (κ1) is 27.8. The number of rotatable bonds is 10. The zero-order chi connectivity index (χ0) is 27.1. The van der Waals surface area contributed by atoms with Gasteiger partial charge < -0.3 is 4.74 Å². The summed E-state index contributed by atoms with van der Waals surface area (Å²) in [6.07, 6.45) is -1.96. The number of halogens is 4. The number of carbonyl (C=O) groups is 1. The molecule has 3 aromatic rings. The third kappa shape index (κ3) is 7.34. The van der Waals surface area contributed by atoms with Gasteiger partial charge in [0.25, 0.3) is 15.9 Å². The van der Waals surface area contributed by atoms with E-state index in [-0.39, 0.29) is 4.90 Å². The first-order valence-corrected chi connectivity index (χ1v) is 12.4. The fourth-order valence-corrected chi connectivity index (χ4v) is 4.76. The number of alkyl halides is 3. The van der Waals surface area contributed by atoms with Crippen molar-refractivity contribution < 1.29 is 31.1 Å². The average Bonchev–Trinajstić information content (AvgIpc) is 2.86. The van der Waals surface area contributed by atoms with Crippen molar-refractivity contribution in [3.05, 3.63) is 102 Å². The largest absolute Gasteiger partial charge is 0.490 e. The van der Waals surface area contributed by atoms with E-state index in [0.717, 1.165) is 12.1 Å². The van der Waals surface area contributed by atoms with Gasteiger partial charge in [-0.05, 0) is 48.0 Å². The molecular formula is C25H21ClF3N3O4S. The third-order valence-electron chi connectivity index (χ3n) is 4.79. The lowest BCUT2D eigenvalue weighted by atomic mass is 10.2. The second-order valence-corrected chi connectivity index (χ2v) is 9.72. The van der Waals surface area contributed by atoms with Crippen molar-refractivity contribution in [2.45, 2.75) is 11.1 Å². The molecule has 0 fully saturated rings. The van der Waals surface area contributed by atoms with Crippen LogP contribution in [0.3, 0.4) is 0 Å². The van der Waals surface area contributed by atoms with Crippen LogP contribution >= 0.6 is 11.6 Å². The molecule has 3 rings (SSSR count). The van der Waals surface area contributed by atoms with E-state index in [4.69, 9.17) is 16.3 Å². The second kappa shape index (κ2) is 11.9. The van der Waals surface area contributed by atoms with Crippen molar-refractivity contribution in [1.29, 1.82) is 0 Å². The Balaban J connectivity index is 1.87. The van der Waals surface area contributed by atoms with Crippen molar-refractivity contribution in [3.8, 4) is 5.75 Å². The molecule has 0 spiro atoms. The van der Waals surface area contributed by atoms with Gasteiger partial charge in [0.1, 0.15) is 18.9 Å². The van der Waals surface area contributed by atoms with Gasteiger partial charge in [-0.15, -0.1) is 0 Å². The Morgan fingerprint density at radius 3 is 2.49 bits per heavy atom. The fraction of sp³-hybridized carbons (Fsp3) is 0.120. The van der Waals surface area contributed by atoms with E-state index in [1.807, 2.05) is 0 Å². The monoisotopic (exact) mass is 551 g/mol. The molecule has 12 heteroatoms. The fourth-order valence-electron chi connectivity index (χ4n) is 3.10. The standard InChI is InChI=1S/C25H21ClF3N3O4S/c1-2-13-36-20-8-6-7-18(14-20)16-30-31-24(33)17-32(37(34,35)21-9-4-3-5-10-21)19-11-12-23(26)22(15-19)25(27,28)29/h2-12,14-16H,1,13,17H2,(H,31,33)/b30-16-. The highest BCUT2D eigenvalue weighted by Gasteiger charge is 2.35. The van der Waals surface area contributed by atoms with Crippen molar-refractivity contribution in [3.63, 3.8) is 0 Å². The van der Waals surface area contributed by atoms with Crippen LogP contribution in [0.5, 0.6) is 5.75 Å². The number of sulfonamides is 1. The summed E-state index contributed by atoms with van der Waals surface area (Å²) in [6.45, 7) is 3.01. The lowest BCUT2D eigenvalue weighted by Gasteiger charge is -2.24. The van der Waals surface area contributed by atoms with Crippen molar-refractivity contribution in [2.75, 3.05) is 17.5 Å². The molecule has 1 amide bonds. The number of carbonyl (C=O) groups excluding carboxylic acids is 1. The van der Waals surface area contributed by atoms with Gasteiger partial charge in [0.2, 0.25) is 0 Å². The summed E-state index contributed by atoms with van der Waals surface area (Å²) in [5.41, 5.74) is 1.13. The zero-order valence-electron chi connectivity index (χ0n) is 19.2. The molecule has 0 aromatic heterocycles. The van der Waals surface area contributed by atoms with Gasteiger partial charge in [-0.3, -0.25) is 9.10 Å². The van der Waals surface area contributed by atoms with Crippen LogP contribution in [0.4, 0.5) is 18.9 Å². The van der Waals surface area contributed by atoms with Gasteiger partial charge in [0, 0.05) is 0 Å². The van der Waals surface area contributed by atoms with Crippen LogP contribution in [0.25, 0.3) is 0 Å². The van der Waals surface area contributed by atoms with E-state index in [9.17, 15) is 26.4 Å². The summed E-state index contributed by atoms with van der Waals surface area (Å²) < 4.78 is 72.9. The summed E-state index contributed by atoms with van der Waals surface area (Å²) in [7, 11) is -4.43.